The second-order valence-corrected chi connectivity index (χ2v) is 4.46. The molecule has 0 aromatic heterocycles. The van der Waals surface area contributed by atoms with E-state index >= 15 is 0 Å². The van der Waals surface area contributed by atoms with Crippen molar-refractivity contribution in [3.63, 3.8) is 0 Å². The van der Waals surface area contributed by atoms with Crippen LogP contribution in [0, 0.1) is 0 Å². The number of unbranched alkanes of at least 4 members (excludes halogenated alkanes) is 2. The highest BCUT2D eigenvalue weighted by Gasteiger charge is 1.88. The van der Waals surface area contributed by atoms with E-state index in [1.807, 2.05) is 0 Å². The van der Waals surface area contributed by atoms with E-state index < -0.39 is 20.6 Å². The standard InChI is InChI=1S/C8H14O5S2/c9-14(10)7-3-1-5-13-6-2-4-8-15(11)12/h7-8H,1-6H2. The highest BCUT2D eigenvalue weighted by Crippen LogP contribution is 1.90. The van der Waals surface area contributed by atoms with Crippen LogP contribution in [0.25, 0.3) is 0 Å². The monoisotopic (exact) mass is 254 g/mol. The SMILES string of the molecule is O=S(=O)=CCCCOCCCC=S(=O)=O. The average Bonchev–Trinajstić information content (AvgIpc) is 2.14. The first-order chi connectivity index (χ1) is 7.13. The van der Waals surface area contributed by atoms with Crippen LogP contribution in [-0.2, 0) is 25.3 Å². The molecule has 0 unspecified atom stereocenters. The molecule has 0 heterocycles. The molecule has 0 aliphatic carbocycles. The van der Waals surface area contributed by atoms with Gasteiger partial charge >= 0.3 is 0 Å². The minimum absolute atomic E-state index is 0.479. The van der Waals surface area contributed by atoms with Crippen LogP contribution in [0.3, 0.4) is 0 Å². The van der Waals surface area contributed by atoms with Crippen molar-refractivity contribution in [1.29, 1.82) is 0 Å². The first-order valence-electron chi connectivity index (χ1n) is 4.53. The summed E-state index contributed by atoms with van der Waals surface area (Å²) in [5.74, 6) is 0. The van der Waals surface area contributed by atoms with Gasteiger partial charge in [-0.2, -0.15) is 16.8 Å². The van der Waals surface area contributed by atoms with Gasteiger partial charge in [-0.3, -0.25) is 0 Å². The third kappa shape index (κ3) is 13.3. The second-order valence-electron chi connectivity index (χ2n) is 2.75. The minimum Gasteiger partial charge on any atom is -0.381 e. The summed E-state index contributed by atoms with van der Waals surface area (Å²) >= 11 is 0. The Morgan fingerprint density at radius 3 is 1.53 bits per heavy atom. The lowest BCUT2D eigenvalue weighted by molar-refractivity contribution is 0.132. The van der Waals surface area contributed by atoms with E-state index in [4.69, 9.17) is 4.74 Å². The molecule has 0 spiro atoms. The third-order valence-corrected chi connectivity index (χ3v) is 2.51. The molecule has 0 aliphatic rings. The van der Waals surface area contributed by atoms with Crippen molar-refractivity contribution in [3.8, 4) is 0 Å². The molecule has 88 valence electrons. The van der Waals surface area contributed by atoms with Crippen LogP contribution in [-0.4, -0.2) is 40.8 Å². The molecule has 0 aromatic carbocycles. The maximum absolute atomic E-state index is 10.1. The number of hydrogen-bond acceptors (Lipinski definition) is 5. The Kier molecular flexibility index (Phi) is 9.44. The van der Waals surface area contributed by atoms with Crippen molar-refractivity contribution in [1.82, 2.24) is 0 Å². The van der Waals surface area contributed by atoms with Crippen LogP contribution in [0.1, 0.15) is 25.7 Å². The molecule has 7 heteroatoms. The zero-order chi connectivity index (χ0) is 11.5. The van der Waals surface area contributed by atoms with Crippen LogP contribution in [0.4, 0.5) is 0 Å². The Labute approximate surface area is 92.1 Å². The van der Waals surface area contributed by atoms with Crippen LogP contribution < -0.4 is 0 Å². The van der Waals surface area contributed by atoms with Crippen molar-refractivity contribution < 1.29 is 21.6 Å². The van der Waals surface area contributed by atoms with E-state index in [0.29, 0.717) is 38.9 Å². The number of rotatable bonds is 8. The lowest BCUT2D eigenvalue weighted by atomic mass is 10.3. The maximum Gasteiger partial charge on any atom is 0.209 e. The van der Waals surface area contributed by atoms with Crippen molar-refractivity contribution in [2.45, 2.75) is 25.7 Å². The Balaban J connectivity index is 3.26. The molecule has 0 saturated carbocycles. The number of hydrogen-bond donors (Lipinski definition) is 0. The summed E-state index contributed by atoms with van der Waals surface area (Å²) in [5.41, 5.74) is 0. The summed E-state index contributed by atoms with van der Waals surface area (Å²) in [6.07, 6.45) is 2.27. The molecule has 0 bridgehead atoms. The van der Waals surface area contributed by atoms with Gasteiger partial charge in [0.1, 0.15) is 0 Å². The fourth-order valence-electron chi connectivity index (χ4n) is 0.832. The van der Waals surface area contributed by atoms with Crippen molar-refractivity contribution in [2.75, 3.05) is 13.2 Å². The van der Waals surface area contributed by atoms with Gasteiger partial charge < -0.3 is 4.74 Å². The molecule has 0 atom stereocenters. The van der Waals surface area contributed by atoms with Crippen molar-refractivity contribution >= 4 is 31.3 Å². The molecular weight excluding hydrogens is 240 g/mol. The average molecular weight is 254 g/mol. The van der Waals surface area contributed by atoms with E-state index in [0.717, 1.165) is 0 Å². The molecule has 0 N–H and O–H groups in total. The predicted octanol–water partition coefficient (Wildman–Crippen LogP) is -0.0740. The molecule has 0 rings (SSSR count). The fraction of sp³-hybridized carbons (Fsp3) is 0.750. The van der Waals surface area contributed by atoms with Gasteiger partial charge in [0.15, 0.2) is 0 Å². The quantitative estimate of drug-likeness (QED) is 0.447. The topological polar surface area (TPSA) is 77.5 Å². The van der Waals surface area contributed by atoms with Gasteiger partial charge in [-0.05, 0) is 25.7 Å². The van der Waals surface area contributed by atoms with Gasteiger partial charge in [0, 0.05) is 23.9 Å². The van der Waals surface area contributed by atoms with Crippen LogP contribution in [0.2, 0.25) is 0 Å². The highest BCUT2D eigenvalue weighted by molar-refractivity contribution is 7.71. The molecule has 0 saturated heterocycles. The van der Waals surface area contributed by atoms with Gasteiger partial charge in [-0.25, -0.2) is 0 Å². The summed E-state index contributed by atoms with van der Waals surface area (Å²) in [6.45, 7) is 0.988. The summed E-state index contributed by atoms with van der Waals surface area (Å²) in [4.78, 5) is 0. The molecule has 0 aliphatic heterocycles. The lowest BCUT2D eigenvalue weighted by Gasteiger charge is -1.99. The second kappa shape index (κ2) is 9.88. The van der Waals surface area contributed by atoms with Gasteiger partial charge in [0.2, 0.25) is 20.6 Å². The molecule has 0 aromatic rings. The number of ether oxygens (including phenoxy) is 1. The van der Waals surface area contributed by atoms with Gasteiger partial charge in [-0.15, -0.1) is 0 Å². The Hall–Kier alpha value is -0.660. The zero-order valence-electron chi connectivity index (χ0n) is 8.26. The first-order valence-corrected chi connectivity index (χ1v) is 6.81. The van der Waals surface area contributed by atoms with Crippen LogP contribution in [0.5, 0.6) is 0 Å². The van der Waals surface area contributed by atoms with Gasteiger partial charge in [0.25, 0.3) is 0 Å². The third-order valence-electron chi connectivity index (χ3n) is 1.49. The minimum atomic E-state index is -2.09. The molecule has 5 nitrogen and oxygen atoms in total. The lowest BCUT2D eigenvalue weighted by Crippen LogP contribution is -1.97. The Bertz CT molecular complexity index is 348. The zero-order valence-corrected chi connectivity index (χ0v) is 9.89. The predicted molar refractivity (Wildman–Crippen MR) is 59.3 cm³/mol. The summed E-state index contributed by atoms with van der Waals surface area (Å²) < 4.78 is 45.5. The first kappa shape index (κ1) is 14.3. The van der Waals surface area contributed by atoms with Gasteiger partial charge in [-0.1, -0.05) is 0 Å². The van der Waals surface area contributed by atoms with Crippen molar-refractivity contribution in [3.05, 3.63) is 0 Å². The van der Waals surface area contributed by atoms with E-state index in [9.17, 15) is 16.8 Å². The van der Waals surface area contributed by atoms with Crippen LogP contribution >= 0.6 is 0 Å². The highest BCUT2D eigenvalue weighted by atomic mass is 32.2. The normalized spacial score (nSPS) is 9.60. The molecular formula is C8H14O5S2. The maximum atomic E-state index is 10.1. The van der Waals surface area contributed by atoms with E-state index in [2.05, 4.69) is 0 Å². The van der Waals surface area contributed by atoms with Crippen LogP contribution in [0.15, 0.2) is 0 Å². The van der Waals surface area contributed by atoms with E-state index in [-0.39, 0.29) is 0 Å². The summed E-state index contributed by atoms with van der Waals surface area (Å²) in [5, 5.41) is 2.38. The summed E-state index contributed by atoms with van der Waals surface area (Å²) in [7, 11) is -4.17. The summed E-state index contributed by atoms with van der Waals surface area (Å²) in [6, 6.07) is 0. The van der Waals surface area contributed by atoms with Crippen molar-refractivity contribution in [2.24, 2.45) is 0 Å². The van der Waals surface area contributed by atoms with E-state index in [1.165, 1.54) is 10.7 Å². The van der Waals surface area contributed by atoms with E-state index in [1.54, 1.807) is 0 Å². The molecule has 0 fully saturated rings. The largest absolute Gasteiger partial charge is 0.381 e. The fourth-order valence-corrected chi connectivity index (χ4v) is 1.55. The molecule has 15 heavy (non-hydrogen) atoms. The molecule has 0 radical (unpaired) electrons. The van der Waals surface area contributed by atoms with Gasteiger partial charge in [0.05, 0.1) is 0 Å². The Morgan fingerprint density at radius 1 is 0.800 bits per heavy atom. The smallest absolute Gasteiger partial charge is 0.209 e. The molecule has 0 amide bonds. The Morgan fingerprint density at radius 2 is 1.20 bits per heavy atom.